The number of methoxy groups -OCH3 is 1. The third-order valence-corrected chi connectivity index (χ3v) is 7.03. The number of esters is 1. The van der Waals surface area contributed by atoms with Gasteiger partial charge in [0, 0.05) is 19.3 Å². The Kier molecular flexibility index (Phi) is 8.60. The Morgan fingerprint density at radius 2 is 1.83 bits per heavy atom. The lowest BCUT2D eigenvalue weighted by Crippen LogP contribution is -2.41. The summed E-state index contributed by atoms with van der Waals surface area (Å²) in [6.45, 7) is 4.04. The average Bonchev–Trinajstić information content (AvgIpc) is 2.72. The molecule has 29 heavy (non-hydrogen) atoms. The monoisotopic (exact) mass is 425 g/mol. The van der Waals surface area contributed by atoms with E-state index in [1.165, 1.54) is 23.5 Å². The zero-order valence-corrected chi connectivity index (χ0v) is 18.2. The molecule has 1 aromatic carbocycles. The van der Waals surface area contributed by atoms with E-state index in [1.807, 2.05) is 11.8 Å². The number of ether oxygens (including phenoxy) is 1. The second-order valence-electron chi connectivity index (χ2n) is 7.33. The van der Waals surface area contributed by atoms with Gasteiger partial charge in [0.25, 0.3) is 0 Å². The van der Waals surface area contributed by atoms with Crippen molar-refractivity contribution in [2.45, 2.75) is 37.5 Å². The molecule has 8 nitrogen and oxygen atoms in total. The molecule has 2 rings (SSSR count). The minimum atomic E-state index is -3.52. The zero-order chi connectivity index (χ0) is 21.4. The van der Waals surface area contributed by atoms with Crippen molar-refractivity contribution in [3.05, 3.63) is 24.3 Å². The topological polar surface area (TPSA) is 96.0 Å². The van der Waals surface area contributed by atoms with Crippen molar-refractivity contribution < 1.29 is 22.7 Å². The first-order valence-electron chi connectivity index (χ1n) is 9.94. The number of hydrogen-bond acceptors (Lipinski definition) is 6. The fraction of sp³-hybridized carbons (Fsp3) is 0.600. The number of sulfonamides is 1. The summed E-state index contributed by atoms with van der Waals surface area (Å²) in [6, 6.07) is 6.22. The molecule has 0 bridgehead atoms. The van der Waals surface area contributed by atoms with Gasteiger partial charge in [0.2, 0.25) is 15.9 Å². The second-order valence-corrected chi connectivity index (χ2v) is 9.37. The molecule has 0 spiro atoms. The number of carbonyl (C=O) groups is 2. The van der Waals surface area contributed by atoms with Crippen LogP contribution in [-0.4, -0.2) is 69.8 Å². The van der Waals surface area contributed by atoms with Gasteiger partial charge in [-0.15, -0.1) is 0 Å². The maximum absolute atomic E-state index is 12.5. The van der Waals surface area contributed by atoms with Crippen LogP contribution in [0.3, 0.4) is 0 Å². The predicted octanol–water partition coefficient (Wildman–Crippen LogP) is 1.93. The van der Waals surface area contributed by atoms with Crippen molar-refractivity contribution in [1.82, 2.24) is 9.21 Å². The van der Waals surface area contributed by atoms with Gasteiger partial charge >= 0.3 is 5.97 Å². The molecule has 0 saturated carbocycles. The minimum absolute atomic E-state index is 0.0933. The number of nitrogens with one attached hydrogen (secondary N) is 1. The molecule has 0 unspecified atom stereocenters. The zero-order valence-electron chi connectivity index (χ0n) is 17.4. The molecule has 1 aliphatic rings. The lowest BCUT2D eigenvalue weighted by molar-refractivity contribution is -0.147. The first-order valence-corrected chi connectivity index (χ1v) is 11.4. The van der Waals surface area contributed by atoms with E-state index in [1.54, 1.807) is 19.2 Å². The van der Waals surface area contributed by atoms with Crippen molar-refractivity contribution in [2.75, 3.05) is 45.7 Å². The van der Waals surface area contributed by atoms with Crippen molar-refractivity contribution >= 4 is 27.6 Å². The third kappa shape index (κ3) is 6.52. The van der Waals surface area contributed by atoms with Crippen LogP contribution in [0.2, 0.25) is 0 Å². The Hall–Kier alpha value is -1.97. The molecule has 1 aromatic rings. The number of piperidine rings is 1. The molecule has 9 heteroatoms. The standard InChI is InChI=1S/C20H31N3O5S/c1-4-5-12-22(2)29(26,27)18-8-6-17(7-9-18)21-19(24)15-23-13-10-16(11-14-23)20(25)28-3/h6-9,16H,4-5,10-15H2,1-3H3,(H,21,24). The van der Waals surface area contributed by atoms with Crippen LogP contribution in [0.15, 0.2) is 29.2 Å². The normalized spacial score (nSPS) is 16.0. The molecule has 1 fully saturated rings. The van der Waals surface area contributed by atoms with Crippen LogP contribution in [0.1, 0.15) is 32.6 Å². The smallest absolute Gasteiger partial charge is 0.308 e. The van der Waals surface area contributed by atoms with E-state index in [9.17, 15) is 18.0 Å². The summed E-state index contributed by atoms with van der Waals surface area (Å²) in [4.78, 5) is 26.1. The molecule has 0 atom stereocenters. The van der Waals surface area contributed by atoms with Gasteiger partial charge in [-0.25, -0.2) is 12.7 Å². The third-order valence-electron chi connectivity index (χ3n) is 5.16. The SMILES string of the molecule is CCCCN(C)S(=O)(=O)c1ccc(NC(=O)CN2CCC(C(=O)OC)CC2)cc1. The highest BCUT2D eigenvalue weighted by Gasteiger charge is 2.26. The Morgan fingerprint density at radius 3 is 2.38 bits per heavy atom. The summed E-state index contributed by atoms with van der Waals surface area (Å²) in [6.07, 6.45) is 3.09. The number of rotatable bonds is 9. The Balaban J connectivity index is 1.86. The highest BCUT2D eigenvalue weighted by molar-refractivity contribution is 7.89. The average molecular weight is 426 g/mol. The minimum Gasteiger partial charge on any atom is -0.469 e. The summed E-state index contributed by atoms with van der Waals surface area (Å²) < 4.78 is 31.2. The van der Waals surface area contributed by atoms with Crippen LogP contribution >= 0.6 is 0 Å². The largest absolute Gasteiger partial charge is 0.469 e. The number of likely N-dealkylation sites (tertiary alicyclic amines) is 1. The molecular weight excluding hydrogens is 394 g/mol. The summed E-state index contributed by atoms with van der Waals surface area (Å²) in [7, 11) is -0.555. The van der Waals surface area contributed by atoms with Crippen LogP contribution in [0, 0.1) is 5.92 Å². The van der Waals surface area contributed by atoms with Crippen molar-refractivity contribution in [3.8, 4) is 0 Å². The fourth-order valence-corrected chi connectivity index (χ4v) is 4.50. The van der Waals surface area contributed by atoms with E-state index < -0.39 is 10.0 Å². The quantitative estimate of drug-likeness (QED) is 0.608. The van der Waals surface area contributed by atoms with E-state index in [4.69, 9.17) is 4.74 Å². The van der Waals surface area contributed by atoms with Gasteiger partial charge in [-0.3, -0.25) is 14.5 Å². The van der Waals surface area contributed by atoms with Gasteiger partial charge in [-0.2, -0.15) is 0 Å². The van der Waals surface area contributed by atoms with Gasteiger partial charge in [-0.1, -0.05) is 13.3 Å². The van der Waals surface area contributed by atoms with Crippen molar-refractivity contribution in [3.63, 3.8) is 0 Å². The highest BCUT2D eigenvalue weighted by atomic mass is 32.2. The van der Waals surface area contributed by atoms with Crippen LogP contribution in [0.5, 0.6) is 0 Å². The molecule has 1 N–H and O–H groups in total. The number of amides is 1. The summed E-state index contributed by atoms with van der Waals surface area (Å²) in [5.41, 5.74) is 0.551. The summed E-state index contributed by atoms with van der Waals surface area (Å²) in [5.74, 6) is -0.453. The van der Waals surface area contributed by atoms with E-state index in [0.29, 0.717) is 38.2 Å². The molecule has 1 saturated heterocycles. The Labute approximate surface area is 173 Å². The Morgan fingerprint density at radius 1 is 1.21 bits per heavy atom. The van der Waals surface area contributed by atoms with Crippen LogP contribution in [-0.2, 0) is 24.3 Å². The number of unbranched alkanes of at least 4 members (excludes halogenated alkanes) is 1. The van der Waals surface area contributed by atoms with Gasteiger partial charge < -0.3 is 10.1 Å². The number of anilines is 1. The van der Waals surface area contributed by atoms with E-state index in [0.717, 1.165) is 12.8 Å². The van der Waals surface area contributed by atoms with E-state index in [-0.39, 0.29) is 29.2 Å². The van der Waals surface area contributed by atoms with Gasteiger partial charge in [0.05, 0.1) is 24.5 Å². The van der Waals surface area contributed by atoms with Gasteiger partial charge in [0.15, 0.2) is 0 Å². The molecule has 0 aromatic heterocycles. The first kappa shape index (κ1) is 23.3. The lowest BCUT2D eigenvalue weighted by Gasteiger charge is -2.29. The number of nitrogens with zero attached hydrogens (tertiary/aromatic N) is 2. The molecule has 1 amide bonds. The van der Waals surface area contributed by atoms with Crippen molar-refractivity contribution in [2.24, 2.45) is 5.92 Å². The maximum atomic E-state index is 12.5. The highest BCUT2D eigenvalue weighted by Crippen LogP contribution is 2.20. The number of benzene rings is 1. The van der Waals surface area contributed by atoms with E-state index >= 15 is 0 Å². The molecule has 162 valence electrons. The molecular formula is C20H31N3O5S. The first-order chi connectivity index (χ1) is 13.8. The number of carbonyl (C=O) groups excluding carboxylic acids is 2. The lowest BCUT2D eigenvalue weighted by atomic mass is 9.97. The van der Waals surface area contributed by atoms with Gasteiger partial charge in [0.1, 0.15) is 0 Å². The van der Waals surface area contributed by atoms with Crippen LogP contribution < -0.4 is 5.32 Å². The van der Waals surface area contributed by atoms with E-state index in [2.05, 4.69) is 5.32 Å². The fourth-order valence-electron chi connectivity index (χ4n) is 3.29. The predicted molar refractivity (Wildman–Crippen MR) is 111 cm³/mol. The molecule has 1 heterocycles. The number of hydrogen-bond donors (Lipinski definition) is 1. The van der Waals surface area contributed by atoms with Gasteiger partial charge in [-0.05, 0) is 56.6 Å². The maximum Gasteiger partial charge on any atom is 0.308 e. The van der Waals surface area contributed by atoms with Crippen molar-refractivity contribution in [1.29, 1.82) is 0 Å². The summed E-state index contributed by atoms with van der Waals surface area (Å²) in [5, 5.41) is 2.80. The molecule has 1 aliphatic heterocycles. The molecule has 0 aliphatic carbocycles. The van der Waals surface area contributed by atoms with Crippen LogP contribution in [0.25, 0.3) is 0 Å². The Bertz CT molecular complexity index is 787. The summed E-state index contributed by atoms with van der Waals surface area (Å²) >= 11 is 0. The molecule has 0 radical (unpaired) electrons. The second kappa shape index (κ2) is 10.7. The van der Waals surface area contributed by atoms with Crippen LogP contribution in [0.4, 0.5) is 5.69 Å².